The standard InChI is InChI=1S/C49H95NO4/c1-3-5-7-9-11-13-15-17-19-21-23-24-26-28-30-32-34-36-38-40-42-44-48(53)50-46(45-51)49(54)47(52)43-41-39-37-35-33-31-29-27-25-22-20-18-16-14-12-10-8-6-4-2/h27,29,35,37,46-47,49,51-52,54H,3-26,28,30-34,36,38-45H2,1-2H3,(H,50,53)/b29-27+,37-35+. The molecule has 0 aromatic carbocycles. The first kappa shape index (κ1) is 52.8. The van der Waals surface area contributed by atoms with Gasteiger partial charge < -0.3 is 20.6 Å². The van der Waals surface area contributed by atoms with Gasteiger partial charge in [-0.15, -0.1) is 0 Å². The third kappa shape index (κ3) is 39.1. The predicted molar refractivity (Wildman–Crippen MR) is 236 cm³/mol. The van der Waals surface area contributed by atoms with E-state index in [1.807, 2.05) is 0 Å². The van der Waals surface area contributed by atoms with Crippen LogP contribution in [-0.2, 0) is 4.79 Å². The van der Waals surface area contributed by atoms with E-state index in [1.165, 1.54) is 186 Å². The minimum atomic E-state index is -1.16. The van der Waals surface area contributed by atoms with Crippen LogP contribution in [0.25, 0.3) is 0 Å². The van der Waals surface area contributed by atoms with Crippen LogP contribution in [0.4, 0.5) is 0 Å². The Balaban J connectivity index is 3.63. The van der Waals surface area contributed by atoms with Crippen molar-refractivity contribution in [2.45, 2.75) is 276 Å². The Labute approximate surface area is 337 Å². The fourth-order valence-electron chi connectivity index (χ4n) is 7.53. The zero-order chi connectivity index (χ0) is 39.4. The van der Waals surface area contributed by atoms with Crippen molar-refractivity contribution in [3.05, 3.63) is 24.3 Å². The molecule has 0 spiro atoms. The number of carbonyl (C=O) groups is 1. The normalized spacial score (nSPS) is 13.6. The van der Waals surface area contributed by atoms with E-state index in [4.69, 9.17) is 0 Å². The Morgan fingerprint density at radius 2 is 0.759 bits per heavy atom. The Morgan fingerprint density at radius 3 is 1.13 bits per heavy atom. The molecule has 5 nitrogen and oxygen atoms in total. The Hall–Kier alpha value is -1.17. The average molecular weight is 762 g/mol. The highest BCUT2D eigenvalue weighted by atomic mass is 16.3. The largest absolute Gasteiger partial charge is 0.394 e. The summed E-state index contributed by atoms with van der Waals surface area (Å²) in [7, 11) is 0. The van der Waals surface area contributed by atoms with Gasteiger partial charge in [-0.25, -0.2) is 0 Å². The average Bonchev–Trinajstić information content (AvgIpc) is 3.18. The molecule has 4 N–H and O–H groups in total. The van der Waals surface area contributed by atoms with Gasteiger partial charge in [-0.05, 0) is 51.4 Å². The Morgan fingerprint density at radius 1 is 0.444 bits per heavy atom. The van der Waals surface area contributed by atoms with Crippen LogP contribution in [0.3, 0.4) is 0 Å². The summed E-state index contributed by atoms with van der Waals surface area (Å²) in [5.41, 5.74) is 0. The molecule has 0 saturated carbocycles. The van der Waals surface area contributed by atoms with Crippen LogP contribution >= 0.6 is 0 Å². The van der Waals surface area contributed by atoms with Crippen molar-refractivity contribution in [3.63, 3.8) is 0 Å². The number of hydrogen-bond donors (Lipinski definition) is 4. The zero-order valence-corrected chi connectivity index (χ0v) is 36.4. The summed E-state index contributed by atoms with van der Waals surface area (Å²) < 4.78 is 0. The van der Waals surface area contributed by atoms with Gasteiger partial charge in [-0.3, -0.25) is 4.79 Å². The van der Waals surface area contributed by atoms with Crippen LogP contribution < -0.4 is 5.32 Å². The van der Waals surface area contributed by atoms with Gasteiger partial charge in [0.2, 0.25) is 5.91 Å². The molecule has 0 radical (unpaired) electrons. The van der Waals surface area contributed by atoms with Gasteiger partial charge in [0, 0.05) is 6.42 Å². The predicted octanol–water partition coefficient (Wildman–Crippen LogP) is 14.2. The van der Waals surface area contributed by atoms with E-state index < -0.39 is 18.2 Å². The third-order valence-electron chi connectivity index (χ3n) is 11.3. The molecule has 5 heteroatoms. The molecule has 0 heterocycles. The molecule has 54 heavy (non-hydrogen) atoms. The van der Waals surface area contributed by atoms with E-state index in [9.17, 15) is 20.1 Å². The maximum absolute atomic E-state index is 12.5. The number of allylic oxidation sites excluding steroid dienone is 4. The highest BCUT2D eigenvalue weighted by Gasteiger charge is 2.26. The molecule has 0 fully saturated rings. The second-order valence-corrected chi connectivity index (χ2v) is 16.7. The number of rotatable bonds is 44. The van der Waals surface area contributed by atoms with E-state index in [1.54, 1.807) is 0 Å². The molecular formula is C49H95NO4. The molecule has 0 aliphatic heterocycles. The van der Waals surface area contributed by atoms with Gasteiger partial charge in [0.15, 0.2) is 0 Å². The lowest BCUT2D eigenvalue weighted by Crippen LogP contribution is -2.50. The molecule has 0 bridgehead atoms. The number of carbonyl (C=O) groups excluding carboxylic acids is 1. The minimum absolute atomic E-state index is 0.154. The number of aliphatic hydroxyl groups is 3. The number of aliphatic hydroxyl groups excluding tert-OH is 3. The SMILES string of the molecule is CCCCCCCCCCCC/C=C/CC/C=C/CCCC(O)C(O)C(CO)NC(=O)CCCCCCCCCCCCCCCCCCCCCCC. The fraction of sp³-hybridized carbons (Fsp3) is 0.898. The van der Waals surface area contributed by atoms with Crippen molar-refractivity contribution in [1.29, 1.82) is 0 Å². The highest BCUT2D eigenvalue weighted by Crippen LogP contribution is 2.16. The van der Waals surface area contributed by atoms with Crippen LogP contribution in [0.1, 0.15) is 258 Å². The number of nitrogens with one attached hydrogen (secondary N) is 1. The molecule has 1 amide bonds. The van der Waals surface area contributed by atoms with E-state index in [0.717, 1.165) is 44.9 Å². The first-order valence-corrected chi connectivity index (χ1v) is 24.1. The van der Waals surface area contributed by atoms with Crippen molar-refractivity contribution >= 4 is 5.91 Å². The topological polar surface area (TPSA) is 89.8 Å². The molecule has 0 aromatic rings. The molecule has 0 aromatic heterocycles. The second-order valence-electron chi connectivity index (χ2n) is 16.7. The van der Waals surface area contributed by atoms with Gasteiger partial charge in [0.25, 0.3) is 0 Å². The lowest BCUT2D eigenvalue weighted by atomic mass is 10.0. The monoisotopic (exact) mass is 762 g/mol. The number of hydrogen-bond acceptors (Lipinski definition) is 4. The van der Waals surface area contributed by atoms with Crippen molar-refractivity contribution < 1.29 is 20.1 Å². The number of unbranched alkanes of at least 4 members (excludes halogenated alkanes) is 32. The molecule has 3 unspecified atom stereocenters. The molecular weight excluding hydrogens is 667 g/mol. The van der Waals surface area contributed by atoms with Crippen LogP contribution in [0.15, 0.2) is 24.3 Å². The molecule has 0 aliphatic carbocycles. The van der Waals surface area contributed by atoms with Gasteiger partial charge in [-0.1, -0.05) is 224 Å². The van der Waals surface area contributed by atoms with Gasteiger partial charge in [-0.2, -0.15) is 0 Å². The van der Waals surface area contributed by atoms with Crippen LogP contribution in [0, 0.1) is 0 Å². The van der Waals surface area contributed by atoms with Crippen LogP contribution in [-0.4, -0.2) is 46.1 Å². The lowest BCUT2D eigenvalue weighted by molar-refractivity contribution is -0.124. The van der Waals surface area contributed by atoms with E-state index in [0.29, 0.717) is 12.8 Å². The Bertz CT molecular complexity index is 799. The van der Waals surface area contributed by atoms with Crippen molar-refractivity contribution in [2.24, 2.45) is 0 Å². The smallest absolute Gasteiger partial charge is 0.220 e. The van der Waals surface area contributed by atoms with Crippen LogP contribution in [0.2, 0.25) is 0 Å². The molecule has 0 rings (SSSR count). The van der Waals surface area contributed by atoms with E-state index in [2.05, 4.69) is 43.5 Å². The highest BCUT2D eigenvalue weighted by molar-refractivity contribution is 5.76. The summed E-state index contributed by atoms with van der Waals surface area (Å²) >= 11 is 0. The van der Waals surface area contributed by atoms with Gasteiger partial charge in [0.1, 0.15) is 6.10 Å². The summed E-state index contributed by atoms with van der Waals surface area (Å²) in [6.07, 6.45) is 54.4. The van der Waals surface area contributed by atoms with Crippen molar-refractivity contribution in [1.82, 2.24) is 5.32 Å². The fourth-order valence-corrected chi connectivity index (χ4v) is 7.53. The quantitative estimate of drug-likeness (QED) is 0.0368. The van der Waals surface area contributed by atoms with Gasteiger partial charge in [0.05, 0.1) is 18.8 Å². The lowest BCUT2D eigenvalue weighted by Gasteiger charge is -2.26. The second kappa shape index (κ2) is 44.5. The van der Waals surface area contributed by atoms with E-state index >= 15 is 0 Å². The zero-order valence-electron chi connectivity index (χ0n) is 36.4. The van der Waals surface area contributed by atoms with Crippen molar-refractivity contribution in [3.8, 4) is 0 Å². The Kier molecular flexibility index (Phi) is 43.6. The summed E-state index contributed by atoms with van der Waals surface area (Å²) in [5.74, 6) is -0.154. The van der Waals surface area contributed by atoms with Crippen molar-refractivity contribution in [2.75, 3.05) is 6.61 Å². The number of amides is 1. The maximum Gasteiger partial charge on any atom is 0.220 e. The first-order valence-electron chi connectivity index (χ1n) is 24.1. The molecule has 3 atom stereocenters. The summed E-state index contributed by atoms with van der Waals surface area (Å²) in [4.78, 5) is 12.5. The molecule has 0 saturated heterocycles. The summed E-state index contributed by atoms with van der Waals surface area (Å²) in [6, 6.07) is -0.829. The minimum Gasteiger partial charge on any atom is -0.394 e. The van der Waals surface area contributed by atoms with Gasteiger partial charge >= 0.3 is 0 Å². The van der Waals surface area contributed by atoms with Crippen LogP contribution in [0.5, 0.6) is 0 Å². The summed E-state index contributed by atoms with van der Waals surface area (Å²) in [5, 5.41) is 33.6. The molecule has 0 aliphatic rings. The molecule has 320 valence electrons. The first-order chi connectivity index (χ1) is 26.6. The third-order valence-corrected chi connectivity index (χ3v) is 11.3. The maximum atomic E-state index is 12.5. The summed E-state index contributed by atoms with van der Waals surface area (Å²) in [6.45, 7) is 4.18. The van der Waals surface area contributed by atoms with E-state index in [-0.39, 0.29) is 12.5 Å².